The molecule has 4 nitrogen and oxygen atoms in total. The van der Waals surface area contributed by atoms with Gasteiger partial charge in [0.05, 0.1) is 5.69 Å². The molecule has 1 aromatic heterocycles. The third kappa shape index (κ3) is 6.06. The second kappa shape index (κ2) is 10.5. The third-order valence-corrected chi connectivity index (χ3v) is 5.97. The molecule has 1 saturated heterocycles. The molecular formula is C22H31N3OS. The van der Waals surface area contributed by atoms with E-state index < -0.39 is 0 Å². The molecule has 0 saturated carbocycles. The smallest absolute Gasteiger partial charge is 0.224 e. The minimum Gasteiger partial charge on any atom is -0.348 e. The number of piperidine rings is 1. The van der Waals surface area contributed by atoms with Gasteiger partial charge in [-0.05, 0) is 37.8 Å². The van der Waals surface area contributed by atoms with Crippen LogP contribution in [0.5, 0.6) is 0 Å². The van der Waals surface area contributed by atoms with Gasteiger partial charge < -0.3 is 10.2 Å². The number of rotatable bonds is 9. The van der Waals surface area contributed by atoms with Crippen LogP contribution in [-0.2, 0) is 4.79 Å². The number of aromatic nitrogens is 1. The number of thiazole rings is 1. The van der Waals surface area contributed by atoms with Crippen LogP contribution >= 0.6 is 11.3 Å². The Morgan fingerprint density at radius 2 is 1.96 bits per heavy atom. The molecule has 1 aliphatic rings. The summed E-state index contributed by atoms with van der Waals surface area (Å²) in [6.07, 6.45) is 10.3. The zero-order valence-electron chi connectivity index (χ0n) is 16.4. The van der Waals surface area contributed by atoms with Gasteiger partial charge in [0, 0.05) is 36.1 Å². The summed E-state index contributed by atoms with van der Waals surface area (Å²) in [5.74, 6) is 0.107. The lowest BCUT2D eigenvalue weighted by Gasteiger charge is -2.25. The average molecular weight is 386 g/mol. The molecule has 0 radical (unpaired) electrons. The van der Waals surface area contributed by atoms with Crippen LogP contribution in [0, 0.1) is 0 Å². The molecule has 1 amide bonds. The predicted molar refractivity (Wildman–Crippen MR) is 116 cm³/mol. The number of amides is 1. The Balaban J connectivity index is 1.55. The molecule has 27 heavy (non-hydrogen) atoms. The van der Waals surface area contributed by atoms with Gasteiger partial charge in [0.1, 0.15) is 0 Å². The first kappa shape index (κ1) is 19.9. The van der Waals surface area contributed by atoms with E-state index in [2.05, 4.69) is 28.6 Å². The van der Waals surface area contributed by atoms with Gasteiger partial charge in [0.2, 0.25) is 5.91 Å². The third-order valence-electron chi connectivity index (χ3n) is 5.07. The van der Waals surface area contributed by atoms with Crippen LogP contribution in [0.4, 0.5) is 10.8 Å². The van der Waals surface area contributed by atoms with E-state index in [0.29, 0.717) is 6.42 Å². The van der Waals surface area contributed by atoms with Crippen molar-refractivity contribution in [2.75, 3.05) is 23.3 Å². The molecule has 146 valence electrons. The Morgan fingerprint density at radius 1 is 1.15 bits per heavy atom. The minimum atomic E-state index is 0.107. The SMILES string of the molecule is CCCCCCCC(=O)Nc1cccc(-c2csc(N3CCCCC3)n2)c1. The molecule has 0 bridgehead atoms. The van der Waals surface area contributed by atoms with Crippen LogP contribution in [0.2, 0.25) is 0 Å². The van der Waals surface area contributed by atoms with Crippen molar-refractivity contribution < 1.29 is 4.79 Å². The molecule has 1 fully saturated rings. The monoisotopic (exact) mass is 385 g/mol. The van der Waals surface area contributed by atoms with Crippen LogP contribution < -0.4 is 10.2 Å². The quantitative estimate of drug-likeness (QED) is 0.531. The number of nitrogens with one attached hydrogen (secondary N) is 1. The largest absolute Gasteiger partial charge is 0.348 e. The number of carbonyl (C=O) groups is 1. The minimum absolute atomic E-state index is 0.107. The second-order valence-corrected chi connectivity index (χ2v) is 8.19. The van der Waals surface area contributed by atoms with E-state index in [9.17, 15) is 4.79 Å². The lowest BCUT2D eigenvalue weighted by molar-refractivity contribution is -0.116. The molecule has 2 heterocycles. The zero-order chi connectivity index (χ0) is 18.9. The number of anilines is 2. The summed E-state index contributed by atoms with van der Waals surface area (Å²) in [5, 5.41) is 6.28. The molecule has 1 N–H and O–H groups in total. The summed E-state index contributed by atoms with van der Waals surface area (Å²) in [5.41, 5.74) is 2.92. The Hall–Kier alpha value is -1.88. The summed E-state index contributed by atoms with van der Waals surface area (Å²) in [6.45, 7) is 4.43. The number of hydrogen-bond donors (Lipinski definition) is 1. The van der Waals surface area contributed by atoms with Crippen molar-refractivity contribution in [1.29, 1.82) is 0 Å². The molecular weight excluding hydrogens is 354 g/mol. The van der Waals surface area contributed by atoms with Gasteiger partial charge in [0.15, 0.2) is 5.13 Å². The van der Waals surface area contributed by atoms with Crippen molar-refractivity contribution >= 4 is 28.1 Å². The van der Waals surface area contributed by atoms with Crippen molar-refractivity contribution in [3.8, 4) is 11.3 Å². The fraction of sp³-hybridized carbons (Fsp3) is 0.545. The highest BCUT2D eigenvalue weighted by molar-refractivity contribution is 7.14. The maximum absolute atomic E-state index is 12.2. The molecule has 0 aliphatic carbocycles. The number of hydrogen-bond acceptors (Lipinski definition) is 4. The van der Waals surface area contributed by atoms with E-state index in [4.69, 9.17) is 4.98 Å². The van der Waals surface area contributed by atoms with E-state index in [1.807, 2.05) is 18.2 Å². The average Bonchev–Trinajstić information content (AvgIpc) is 3.19. The zero-order valence-corrected chi connectivity index (χ0v) is 17.2. The lowest BCUT2D eigenvalue weighted by Crippen LogP contribution is -2.29. The lowest BCUT2D eigenvalue weighted by atomic mass is 10.1. The van der Waals surface area contributed by atoms with Crippen molar-refractivity contribution in [2.24, 2.45) is 0 Å². The second-order valence-electron chi connectivity index (χ2n) is 7.36. The fourth-order valence-corrected chi connectivity index (χ4v) is 4.38. The van der Waals surface area contributed by atoms with Crippen molar-refractivity contribution in [3.63, 3.8) is 0 Å². The molecule has 1 aromatic carbocycles. The highest BCUT2D eigenvalue weighted by atomic mass is 32.1. The maximum atomic E-state index is 12.2. The predicted octanol–water partition coefficient (Wildman–Crippen LogP) is 6.10. The van der Waals surface area contributed by atoms with Gasteiger partial charge >= 0.3 is 0 Å². The molecule has 0 unspecified atom stereocenters. The first-order valence-corrected chi connectivity index (χ1v) is 11.2. The first-order valence-electron chi connectivity index (χ1n) is 10.4. The van der Waals surface area contributed by atoms with Crippen LogP contribution in [0.25, 0.3) is 11.3 Å². The van der Waals surface area contributed by atoms with Gasteiger partial charge in [-0.2, -0.15) is 0 Å². The van der Waals surface area contributed by atoms with E-state index in [1.165, 1.54) is 38.5 Å². The van der Waals surface area contributed by atoms with E-state index in [0.717, 1.165) is 48.0 Å². The number of unbranched alkanes of at least 4 members (excludes halogenated alkanes) is 4. The molecule has 0 spiro atoms. The van der Waals surface area contributed by atoms with Gasteiger partial charge in [-0.15, -0.1) is 11.3 Å². The molecule has 3 rings (SSSR count). The van der Waals surface area contributed by atoms with Gasteiger partial charge in [-0.1, -0.05) is 44.7 Å². The Morgan fingerprint density at radius 3 is 2.78 bits per heavy atom. The van der Waals surface area contributed by atoms with E-state index in [1.54, 1.807) is 11.3 Å². The highest BCUT2D eigenvalue weighted by Gasteiger charge is 2.15. The van der Waals surface area contributed by atoms with Crippen LogP contribution in [0.1, 0.15) is 64.7 Å². The Bertz CT molecular complexity index is 722. The molecule has 2 aromatic rings. The Labute approximate surface area is 167 Å². The van der Waals surface area contributed by atoms with Crippen LogP contribution in [-0.4, -0.2) is 24.0 Å². The van der Waals surface area contributed by atoms with Crippen molar-refractivity contribution in [2.45, 2.75) is 64.7 Å². The highest BCUT2D eigenvalue weighted by Crippen LogP contribution is 2.30. The summed E-state index contributed by atoms with van der Waals surface area (Å²) < 4.78 is 0. The summed E-state index contributed by atoms with van der Waals surface area (Å²) in [6, 6.07) is 8.04. The fourth-order valence-electron chi connectivity index (χ4n) is 3.50. The number of benzene rings is 1. The van der Waals surface area contributed by atoms with Gasteiger partial charge in [-0.25, -0.2) is 4.98 Å². The number of carbonyl (C=O) groups excluding carboxylic acids is 1. The van der Waals surface area contributed by atoms with Crippen molar-refractivity contribution in [3.05, 3.63) is 29.6 Å². The van der Waals surface area contributed by atoms with Crippen LogP contribution in [0.3, 0.4) is 0 Å². The normalized spacial score (nSPS) is 14.3. The summed E-state index contributed by atoms with van der Waals surface area (Å²) in [7, 11) is 0. The number of nitrogens with zero attached hydrogens (tertiary/aromatic N) is 2. The summed E-state index contributed by atoms with van der Waals surface area (Å²) >= 11 is 1.72. The maximum Gasteiger partial charge on any atom is 0.224 e. The standard InChI is InChI=1S/C22H31N3OS/c1-2-3-4-5-7-13-21(26)23-19-12-10-11-18(16-19)20-17-27-22(24-20)25-14-8-6-9-15-25/h10-12,16-17H,2-9,13-15H2,1H3,(H,23,26). The Kier molecular flexibility index (Phi) is 7.69. The molecule has 0 atom stereocenters. The summed E-state index contributed by atoms with van der Waals surface area (Å²) in [4.78, 5) is 19.4. The van der Waals surface area contributed by atoms with Crippen LogP contribution in [0.15, 0.2) is 29.6 Å². The molecule has 1 aliphatic heterocycles. The van der Waals surface area contributed by atoms with E-state index >= 15 is 0 Å². The first-order chi connectivity index (χ1) is 13.3. The molecule has 5 heteroatoms. The van der Waals surface area contributed by atoms with Gasteiger partial charge in [-0.3, -0.25) is 4.79 Å². The topological polar surface area (TPSA) is 45.2 Å². The van der Waals surface area contributed by atoms with Crippen molar-refractivity contribution in [1.82, 2.24) is 4.98 Å². The van der Waals surface area contributed by atoms with E-state index in [-0.39, 0.29) is 5.91 Å². The van der Waals surface area contributed by atoms with Gasteiger partial charge in [0.25, 0.3) is 0 Å².